The van der Waals surface area contributed by atoms with Crippen LogP contribution in [0.5, 0.6) is 5.88 Å². The zero-order chi connectivity index (χ0) is 11.0. The number of hydrogen-bond acceptors (Lipinski definition) is 3. The number of nitrogens with zero attached hydrogens (tertiary/aromatic N) is 2. The molecule has 3 rings (SSSR count). The molecule has 0 unspecified atom stereocenters. The smallest absolute Gasteiger partial charge is 0.198 e. The van der Waals surface area contributed by atoms with Gasteiger partial charge in [0.05, 0.1) is 13.4 Å². The van der Waals surface area contributed by atoms with Gasteiger partial charge in [0, 0.05) is 6.20 Å². The molecule has 4 heteroatoms. The van der Waals surface area contributed by atoms with E-state index >= 15 is 0 Å². The summed E-state index contributed by atoms with van der Waals surface area (Å²) in [7, 11) is 1.64. The van der Waals surface area contributed by atoms with Crippen LogP contribution in [-0.4, -0.2) is 16.5 Å². The van der Waals surface area contributed by atoms with Crippen molar-refractivity contribution in [2.24, 2.45) is 0 Å². The summed E-state index contributed by atoms with van der Waals surface area (Å²) in [6.07, 6.45) is 3.53. The Morgan fingerprint density at radius 2 is 2.19 bits per heavy atom. The van der Waals surface area contributed by atoms with E-state index in [1.54, 1.807) is 13.4 Å². The van der Waals surface area contributed by atoms with Gasteiger partial charge in [0.1, 0.15) is 11.3 Å². The van der Waals surface area contributed by atoms with E-state index in [1.807, 2.05) is 40.9 Å². The molecule has 0 amide bonds. The summed E-state index contributed by atoms with van der Waals surface area (Å²) in [5.74, 6) is 1.51. The number of aromatic nitrogens is 2. The minimum Gasteiger partial charge on any atom is -0.482 e. The number of fused-ring (bicyclic) bond motifs is 1. The molecule has 0 aliphatic carbocycles. The van der Waals surface area contributed by atoms with Gasteiger partial charge in [-0.2, -0.15) is 0 Å². The van der Waals surface area contributed by atoms with Gasteiger partial charge in [0.2, 0.25) is 0 Å². The summed E-state index contributed by atoms with van der Waals surface area (Å²) < 4.78 is 12.4. The normalized spacial score (nSPS) is 10.8. The molecule has 0 saturated heterocycles. The van der Waals surface area contributed by atoms with E-state index in [0.29, 0.717) is 0 Å². The molecule has 0 radical (unpaired) electrons. The third-order valence-corrected chi connectivity index (χ3v) is 2.44. The van der Waals surface area contributed by atoms with Gasteiger partial charge in [-0.25, -0.2) is 4.98 Å². The number of hydrogen-bond donors (Lipinski definition) is 0. The number of methoxy groups -OCH3 is 1. The van der Waals surface area contributed by atoms with E-state index in [9.17, 15) is 0 Å². The molecule has 0 N–H and O–H groups in total. The van der Waals surface area contributed by atoms with Crippen molar-refractivity contribution in [2.75, 3.05) is 7.11 Å². The number of furan rings is 1. The first kappa shape index (κ1) is 9.03. The van der Waals surface area contributed by atoms with E-state index in [2.05, 4.69) is 4.98 Å². The fourth-order valence-corrected chi connectivity index (χ4v) is 1.69. The molecule has 3 aromatic heterocycles. The lowest BCUT2D eigenvalue weighted by molar-refractivity contribution is 0.392. The first-order valence-corrected chi connectivity index (χ1v) is 4.94. The molecule has 3 heterocycles. The van der Waals surface area contributed by atoms with Gasteiger partial charge in [-0.3, -0.25) is 4.40 Å². The highest BCUT2D eigenvalue weighted by Crippen LogP contribution is 2.22. The molecular weight excluding hydrogens is 204 g/mol. The van der Waals surface area contributed by atoms with Gasteiger partial charge in [-0.1, -0.05) is 6.07 Å². The van der Waals surface area contributed by atoms with E-state index in [-0.39, 0.29) is 0 Å². The highest BCUT2D eigenvalue weighted by Gasteiger charge is 2.08. The molecule has 80 valence electrons. The van der Waals surface area contributed by atoms with Crippen LogP contribution in [0.1, 0.15) is 0 Å². The summed E-state index contributed by atoms with van der Waals surface area (Å²) >= 11 is 0. The van der Waals surface area contributed by atoms with Gasteiger partial charge in [0.25, 0.3) is 0 Å². The van der Waals surface area contributed by atoms with Gasteiger partial charge in [0.15, 0.2) is 11.6 Å². The predicted octanol–water partition coefficient (Wildman–Crippen LogP) is 2.60. The maximum atomic E-state index is 5.31. The fourth-order valence-electron chi connectivity index (χ4n) is 1.69. The van der Waals surface area contributed by atoms with Crippen LogP contribution < -0.4 is 4.74 Å². The number of imidazole rings is 1. The van der Waals surface area contributed by atoms with Crippen molar-refractivity contribution in [1.82, 2.24) is 9.38 Å². The minimum atomic E-state index is 0.753. The highest BCUT2D eigenvalue weighted by atomic mass is 16.5. The summed E-state index contributed by atoms with van der Waals surface area (Å²) in [6.45, 7) is 0. The minimum absolute atomic E-state index is 0.753. The number of rotatable bonds is 2. The lowest BCUT2D eigenvalue weighted by Gasteiger charge is -2.01. The highest BCUT2D eigenvalue weighted by molar-refractivity contribution is 5.58. The van der Waals surface area contributed by atoms with Crippen LogP contribution in [0.2, 0.25) is 0 Å². The molecule has 0 saturated carbocycles. The lowest BCUT2D eigenvalue weighted by Crippen LogP contribution is -1.91. The number of pyridine rings is 1. The van der Waals surface area contributed by atoms with E-state index < -0.39 is 0 Å². The third kappa shape index (κ3) is 1.27. The summed E-state index contributed by atoms with van der Waals surface area (Å²) in [6, 6.07) is 9.45. The second kappa shape index (κ2) is 3.41. The lowest BCUT2D eigenvalue weighted by atomic mass is 10.4. The van der Waals surface area contributed by atoms with Gasteiger partial charge >= 0.3 is 0 Å². The SMILES string of the molecule is COc1cccc2nc(-c3ccco3)cn12. The molecule has 0 bridgehead atoms. The van der Waals surface area contributed by atoms with Gasteiger partial charge in [-0.15, -0.1) is 0 Å². The van der Waals surface area contributed by atoms with Crippen molar-refractivity contribution >= 4 is 5.65 Å². The molecule has 0 aromatic carbocycles. The largest absolute Gasteiger partial charge is 0.482 e. The van der Waals surface area contributed by atoms with Crippen LogP contribution in [0.3, 0.4) is 0 Å². The van der Waals surface area contributed by atoms with E-state index in [1.165, 1.54) is 0 Å². The summed E-state index contributed by atoms with van der Waals surface area (Å²) in [5.41, 5.74) is 1.64. The first-order chi connectivity index (χ1) is 7.88. The Balaban J connectivity index is 2.23. The Hall–Kier alpha value is -2.23. The van der Waals surface area contributed by atoms with Crippen molar-refractivity contribution < 1.29 is 9.15 Å². The van der Waals surface area contributed by atoms with Crippen LogP contribution in [0, 0.1) is 0 Å². The van der Waals surface area contributed by atoms with Crippen molar-refractivity contribution in [1.29, 1.82) is 0 Å². The molecule has 0 spiro atoms. The Bertz CT molecular complexity index is 611. The Morgan fingerprint density at radius 3 is 2.94 bits per heavy atom. The van der Waals surface area contributed by atoms with Crippen LogP contribution in [0.4, 0.5) is 0 Å². The van der Waals surface area contributed by atoms with Crippen LogP contribution in [0.15, 0.2) is 47.2 Å². The van der Waals surface area contributed by atoms with Gasteiger partial charge in [-0.05, 0) is 24.3 Å². The van der Waals surface area contributed by atoms with E-state index in [0.717, 1.165) is 23.0 Å². The Morgan fingerprint density at radius 1 is 1.25 bits per heavy atom. The standard InChI is InChI=1S/C12H10N2O2/c1-15-12-6-2-5-11-13-9(8-14(11)12)10-4-3-7-16-10/h2-8H,1H3. The Kier molecular flexibility index (Phi) is 1.93. The number of ether oxygens (including phenoxy) is 1. The molecule has 4 nitrogen and oxygen atoms in total. The second-order valence-electron chi connectivity index (χ2n) is 3.40. The van der Waals surface area contributed by atoms with Gasteiger partial charge < -0.3 is 9.15 Å². The topological polar surface area (TPSA) is 39.7 Å². The maximum Gasteiger partial charge on any atom is 0.198 e. The molecule has 0 fully saturated rings. The Labute approximate surface area is 92.1 Å². The zero-order valence-electron chi connectivity index (χ0n) is 8.75. The van der Waals surface area contributed by atoms with Crippen LogP contribution in [-0.2, 0) is 0 Å². The monoisotopic (exact) mass is 214 g/mol. The molecule has 0 aliphatic rings. The van der Waals surface area contributed by atoms with Crippen molar-refractivity contribution in [3.63, 3.8) is 0 Å². The van der Waals surface area contributed by atoms with Crippen molar-refractivity contribution in [3.8, 4) is 17.3 Å². The van der Waals surface area contributed by atoms with E-state index in [4.69, 9.17) is 9.15 Å². The summed E-state index contributed by atoms with van der Waals surface area (Å²) in [4.78, 5) is 4.45. The maximum absolute atomic E-state index is 5.31. The first-order valence-electron chi connectivity index (χ1n) is 4.94. The van der Waals surface area contributed by atoms with Crippen LogP contribution in [0.25, 0.3) is 17.1 Å². The average Bonchev–Trinajstić information content (AvgIpc) is 2.96. The molecule has 0 atom stereocenters. The molecule has 0 aliphatic heterocycles. The average molecular weight is 214 g/mol. The third-order valence-electron chi connectivity index (χ3n) is 2.44. The quantitative estimate of drug-likeness (QED) is 0.658. The fraction of sp³-hybridized carbons (Fsp3) is 0.0833. The second-order valence-corrected chi connectivity index (χ2v) is 3.40. The molecule has 3 aromatic rings. The zero-order valence-corrected chi connectivity index (χ0v) is 8.75. The molecular formula is C12H10N2O2. The van der Waals surface area contributed by atoms with Crippen molar-refractivity contribution in [2.45, 2.75) is 0 Å². The van der Waals surface area contributed by atoms with Crippen molar-refractivity contribution in [3.05, 3.63) is 42.8 Å². The summed E-state index contributed by atoms with van der Waals surface area (Å²) in [5, 5.41) is 0. The van der Waals surface area contributed by atoms with Crippen LogP contribution >= 0.6 is 0 Å². The predicted molar refractivity (Wildman–Crippen MR) is 59.4 cm³/mol. The molecule has 16 heavy (non-hydrogen) atoms.